The van der Waals surface area contributed by atoms with Gasteiger partial charge in [-0.25, -0.2) is 9.18 Å². The van der Waals surface area contributed by atoms with E-state index in [4.69, 9.17) is 4.42 Å². The van der Waals surface area contributed by atoms with Crippen LogP contribution in [0.1, 0.15) is 67.7 Å². The third-order valence-corrected chi connectivity index (χ3v) is 5.32. The lowest BCUT2D eigenvalue weighted by Crippen LogP contribution is -2.34. The van der Waals surface area contributed by atoms with Crippen molar-refractivity contribution in [2.75, 3.05) is 5.32 Å². The highest BCUT2D eigenvalue weighted by Gasteiger charge is 2.21. The van der Waals surface area contributed by atoms with E-state index in [1.54, 1.807) is 17.0 Å². The van der Waals surface area contributed by atoms with Gasteiger partial charge in [0.15, 0.2) is 0 Å². The molecule has 3 rings (SSSR count). The first-order valence-corrected chi connectivity index (χ1v) is 10.7. The number of hydrogen-bond acceptors (Lipinski definition) is 2. The molecule has 164 valence electrons. The lowest BCUT2D eigenvalue weighted by molar-refractivity contribution is 0.201. The van der Waals surface area contributed by atoms with Gasteiger partial charge in [-0.3, -0.25) is 0 Å². The number of nitrogens with one attached hydrogen (secondary N) is 1. The Morgan fingerprint density at radius 1 is 0.935 bits per heavy atom. The summed E-state index contributed by atoms with van der Waals surface area (Å²) in [5, 5.41) is 3.17. The molecule has 0 saturated heterocycles. The molecule has 0 unspecified atom stereocenters. The molecule has 1 heterocycles. The number of benzene rings is 2. The van der Waals surface area contributed by atoms with Gasteiger partial charge in [-0.2, -0.15) is 0 Å². The molecule has 0 aliphatic heterocycles. The number of para-hydroxylation sites is 1. The van der Waals surface area contributed by atoms with Gasteiger partial charge in [-0.1, -0.05) is 58.0 Å². The van der Waals surface area contributed by atoms with E-state index in [-0.39, 0.29) is 23.7 Å². The molecule has 2 aromatic carbocycles. The minimum Gasteiger partial charge on any atom is -0.464 e. The van der Waals surface area contributed by atoms with Crippen molar-refractivity contribution in [1.29, 1.82) is 0 Å². The van der Waals surface area contributed by atoms with Gasteiger partial charge in [0.05, 0.1) is 6.54 Å². The van der Waals surface area contributed by atoms with Gasteiger partial charge in [0, 0.05) is 12.2 Å². The van der Waals surface area contributed by atoms with E-state index < -0.39 is 0 Å². The normalized spacial score (nSPS) is 11.2. The second kappa shape index (κ2) is 9.82. The summed E-state index contributed by atoms with van der Waals surface area (Å²) in [5.41, 5.74) is 3.93. The fourth-order valence-electron chi connectivity index (χ4n) is 3.65. The Bertz CT molecular complexity index is 996. The number of urea groups is 1. The van der Waals surface area contributed by atoms with Gasteiger partial charge >= 0.3 is 6.03 Å². The summed E-state index contributed by atoms with van der Waals surface area (Å²) in [5.74, 6) is 1.74. The van der Waals surface area contributed by atoms with Crippen LogP contribution in [-0.2, 0) is 13.1 Å². The summed E-state index contributed by atoms with van der Waals surface area (Å²) in [7, 11) is 0. The second-order valence-electron chi connectivity index (χ2n) is 8.55. The number of carbonyl (C=O) groups is 1. The summed E-state index contributed by atoms with van der Waals surface area (Å²) < 4.78 is 19.1. The minimum atomic E-state index is -0.297. The van der Waals surface area contributed by atoms with Gasteiger partial charge in [0.2, 0.25) is 0 Å². The van der Waals surface area contributed by atoms with Gasteiger partial charge < -0.3 is 14.6 Å². The fourth-order valence-corrected chi connectivity index (χ4v) is 3.65. The van der Waals surface area contributed by atoms with Crippen molar-refractivity contribution >= 4 is 11.7 Å². The standard InChI is InChI=1S/C26H31FN2O2/c1-17(2)23-7-6-8-24(18(3)4)25(23)28-26(30)29(16-22-14-9-19(5)31-22)15-20-10-12-21(27)13-11-20/h6-14,17-18H,15-16H2,1-5H3,(H,28,30). The van der Waals surface area contributed by atoms with E-state index >= 15 is 0 Å². The van der Waals surface area contributed by atoms with Crippen LogP contribution < -0.4 is 5.32 Å². The number of hydrogen-bond donors (Lipinski definition) is 1. The topological polar surface area (TPSA) is 45.5 Å². The molecule has 31 heavy (non-hydrogen) atoms. The lowest BCUT2D eigenvalue weighted by atomic mass is 9.93. The van der Waals surface area contributed by atoms with Crippen LogP contribution in [0.25, 0.3) is 0 Å². The molecule has 0 fully saturated rings. The fraction of sp³-hybridized carbons (Fsp3) is 0.346. The molecule has 5 heteroatoms. The summed E-state index contributed by atoms with van der Waals surface area (Å²) in [6.07, 6.45) is 0. The maximum atomic E-state index is 13.4. The average Bonchev–Trinajstić information content (AvgIpc) is 3.13. The molecule has 0 aliphatic rings. The maximum Gasteiger partial charge on any atom is 0.322 e. The number of nitrogens with zero attached hydrogens (tertiary/aromatic N) is 1. The molecule has 4 nitrogen and oxygen atoms in total. The van der Waals surface area contributed by atoms with E-state index in [2.05, 4.69) is 45.1 Å². The number of aryl methyl sites for hydroxylation is 1. The Balaban J connectivity index is 1.91. The molecular weight excluding hydrogens is 391 g/mol. The predicted octanol–water partition coefficient (Wildman–Crippen LogP) is 7.21. The number of anilines is 1. The van der Waals surface area contributed by atoms with Crippen LogP contribution in [-0.4, -0.2) is 10.9 Å². The Morgan fingerprint density at radius 2 is 1.55 bits per heavy atom. The lowest BCUT2D eigenvalue weighted by Gasteiger charge is -2.26. The molecule has 1 aromatic heterocycles. The molecule has 1 N–H and O–H groups in total. The predicted molar refractivity (Wildman–Crippen MR) is 123 cm³/mol. The molecule has 0 spiro atoms. The smallest absolute Gasteiger partial charge is 0.322 e. The number of halogens is 1. The van der Waals surface area contributed by atoms with E-state index in [0.717, 1.165) is 28.1 Å². The van der Waals surface area contributed by atoms with E-state index in [1.807, 2.05) is 25.1 Å². The summed E-state index contributed by atoms with van der Waals surface area (Å²) in [6.45, 7) is 11.0. The van der Waals surface area contributed by atoms with E-state index in [1.165, 1.54) is 12.1 Å². The quantitative estimate of drug-likeness (QED) is 0.437. The molecule has 3 aromatic rings. The molecule has 0 bridgehead atoms. The van der Waals surface area contributed by atoms with Crippen LogP contribution in [0.4, 0.5) is 14.9 Å². The maximum absolute atomic E-state index is 13.4. The highest BCUT2D eigenvalue weighted by molar-refractivity contribution is 5.91. The summed E-state index contributed by atoms with van der Waals surface area (Å²) in [4.78, 5) is 15.1. The Kier molecular flexibility index (Phi) is 7.16. The number of amides is 2. The summed E-state index contributed by atoms with van der Waals surface area (Å²) in [6, 6.07) is 15.9. The van der Waals surface area contributed by atoms with Crippen molar-refractivity contribution in [3.8, 4) is 0 Å². The first kappa shape index (κ1) is 22.6. The van der Waals surface area contributed by atoms with Crippen molar-refractivity contribution in [3.63, 3.8) is 0 Å². The van der Waals surface area contributed by atoms with Crippen LogP contribution in [0.5, 0.6) is 0 Å². The molecule has 0 aliphatic carbocycles. The van der Waals surface area contributed by atoms with Crippen LogP contribution in [0.2, 0.25) is 0 Å². The third kappa shape index (κ3) is 5.75. The minimum absolute atomic E-state index is 0.214. The van der Waals surface area contributed by atoms with Crippen molar-refractivity contribution < 1.29 is 13.6 Å². The van der Waals surface area contributed by atoms with Crippen molar-refractivity contribution in [2.24, 2.45) is 0 Å². The van der Waals surface area contributed by atoms with Gasteiger partial charge in [0.1, 0.15) is 17.3 Å². The third-order valence-electron chi connectivity index (χ3n) is 5.32. The molecule has 0 atom stereocenters. The Hall–Kier alpha value is -3.08. The molecule has 2 amide bonds. The van der Waals surface area contributed by atoms with Gasteiger partial charge in [-0.05, 0) is 59.7 Å². The SMILES string of the molecule is Cc1ccc(CN(Cc2ccc(F)cc2)C(=O)Nc2c(C(C)C)cccc2C(C)C)o1. The molecule has 0 saturated carbocycles. The first-order valence-electron chi connectivity index (χ1n) is 10.7. The second-order valence-corrected chi connectivity index (χ2v) is 8.55. The summed E-state index contributed by atoms with van der Waals surface area (Å²) >= 11 is 0. The highest BCUT2D eigenvalue weighted by Crippen LogP contribution is 2.32. The molecular formula is C26H31FN2O2. The number of carbonyl (C=O) groups excluding carboxylic acids is 1. The van der Waals surface area contributed by atoms with Crippen molar-refractivity contribution in [2.45, 2.75) is 59.5 Å². The van der Waals surface area contributed by atoms with Crippen LogP contribution in [0, 0.1) is 12.7 Å². The zero-order valence-electron chi connectivity index (χ0n) is 18.9. The van der Waals surface area contributed by atoms with E-state index in [0.29, 0.717) is 18.8 Å². The Labute approximate surface area is 184 Å². The average molecular weight is 423 g/mol. The first-order chi connectivity index (χ1) is 14.7. The van der Waals surface area contributed by atoms with Crippen LogP contribution in [0.15, 0.2) is 59.0 Å². The Morgan fingerprint density at radius 3 is 2.06 bits per heavy atom. The monoisotopic (exact) mass is 422 g/mol. The molecule has 0 radical (unpaired) electrons. The largest absolute Gasteiger partial charge is 0.464 e. The van der Waals surface area contributed by atoms with Gasteiger partial charge in [0.25, 0.3) is 0 Å². The van der Waals surface area contributed by atoms with Crippen LogP contribution in [0.3, 0.4) is 0 Å². The van der Waals surface area contributed by atoms with Crippen molar-refractivity contribution in [3.05, 3.63) is 88.6 Å². The zero-order chi connectivity index (χ0) is 22.5. The van der Waals surface area contributed by atoms with E-state index in [9.17, 15) is 9.18 Å². The zero-order valence-corrected chi connectivity index (χ0v) is 18.9. The highest BCUT2D eigenvalue weighted by atomic mass is 19.1. The number of rotatable bonds is 7. The van der Waals surface area contributed by atoms with Crippen molar-refractivity contribution in [1.82, 2.24) is 4.90 Å². The number of furan rings is 1. The van der Waals surface area contributed by atoms with Crippen LogP contribution >= 0.6 is 0 Å². The van der Waals surface area contributed by atoms with Gasteiger partial charge in [-0.15, -0.1) is 0 Å².